The van der Waals surface area contributed by atoms with Gasteiger partial charge in [-0.15, -0.1) is 0 Å². The van der Waals surface area contributed by atoms with Crippen molar-refractivity contribution in [1.29, 1.82) is 0 Å². The zero-order chi connectivity index (χ0) is 13.8. The quantitative estimate of drug-likeness (QED) is 0.659. The maximum absolute atomic E-state index is 11.9. The lowest BCUT2D eigenvalue weighted by Crippen LogP contribution is -2.23. The summed E-state index contributed by atoms with van der Waals surface area (Å²) >= 11 is 5.85. The molecule has 0 aliphatic heterocycles. The van der Waals surface area contributed by atoms with E-state index in [2.05, 4.69) is 15.3 Å². The standard InChI is InChI=1S/C11H9ClN4O3/c12-10-2-1-8(16(18)19)3-9(10)11(17)14-5-7-4-13-6-15-7/h1-4,6H,5H2,(H,13,15)(H,14,17). The van der Waals surface area contributed by atoms with Crippen LogP contribution in [0.25, 0.3) is 0 Å². The minimum Gasteiger partial charge on any atom is -0.347 e. The maximum Gasteiger partial charge on any atom is 0.270 e. The van der Waals surface area contributed by atoms with Crippen molar-refractivity contribution < 1.29 is 9.72 Å². The van der Waals surface area contributed by atoms with E-state index in [1.807, 2.05) is 0 Å². The second kappa shape index (κ2) is 5.49. The summed E-state index contributed by atoms with van der Waals surface area (Å²) in [6.45, 7) is 0.234. The molecule has 0 saturated heterocycles. The van der Waals surface area contributed by atoms with E-state index in [9.17, 15) is 14.9 Å². The highest BCUT2D eigenvalue weighted by molar-refractivity contribution is 6.33. The highest BCUT2D eigenvalue weighted by atomic mass is 35.5. The van der Waals surface area contributed by atoms with Crippen LogP contribution in [0.15, 0.2) is 30.7 Å². The molecule has 0 bridgehead atoms. The number of amides is 1. The molecular formula is C11H9ClN4O3. The molecule has 1 aromatic heterocycles. The Kier molecular flexibility index (Phi) is 3.76. The van der Waals surface area contributed by atoms with Crippen LogP contribution >= 0.6 is 11.6 Å². The van der Waals surface area contributed by atoms with Crippen molar-refractivity contribution in [3.05, 3.63) is 57.1 Å². The Hall–Kier alpha value is -2.41. The molecule has 1 aromatic carbocycles. The van der Waals surface area contributed by atoms with Gasteiger partial charge in [0, 0.05) is 18.3 Å². The molecular weight excluding hydrogens is 272 g/mol. The number of nitro benzene ring substituents is 1. The summed E-state index contributed by atoms with van der Waals surface area (Å²) in [4.78, 5) is 28.6. The summed E-state index contributed by atoms with van der Waals surface area (Å²) in [5, 5.41) is 13.4. The number of imidazole rings is 1. The second-order valence-corrected chi connectivity index (χ2v) is 4.09. The number of benzene rings is 1. The molecule has 2 rings (SSSR count). The number of halogens is 1. The Morgan fingerprint density at radius 1 is 1.53 bits per heavy atom. The zero-order valence-electron chi connectivity index (χ0n) is 9.59. The molecule has 0 saturated carbocycles. The number of nitrogens with zero attached hydrogens (tertiary/aromatic N) is 2. The van der Waals surface area contributed by atoms with Gasteiger partial charge in [0.1, 0.15) is 0 Å². The Morgan fingerprint density at radius 3 is 2.95 bits per heavy atom. The molecule has 7 nitrogen and oxygen atoms in total. The number of rotatable bonds is 4. The van der Waals surface area contributed by atoms with Gasteiger partial charge in [0.25, 0.3) is 11.6 Å². The van der Waals surface area contributed by atoms with Gasteiger partial charge in [0.2, 0.25) is 0 Å². The van der Waals surface area contributed by atoms with Crippen LogP contribution in [-0.2, 0) is 6.54 Å². The fourth-order valence-corrected chi connectivity index (χ4v) is 1.66. The van der Waals surface area contributed by atoms with Crippen molar-refractivity contribution in [2.75, 3.05) is 0 Å². The van der Waals surface area contributed by atoms with E-state index >= 15 is 0 Å². The van der Waals surface area contributed by atoms with Crippen molar-refractivity contribution in [3.8, 4) is 0 Å². The first-order chi connectivity index (χ1) is 9.08. The Labute approximate surface area is 112 Å². The third-order valence-corrected chi connectivity index (χ3v) is 2.73. The molecule has 1 heterocycles. The molecule has 98 valence electrons. The highest BCUT2D eigenvalue weighted by Gasteiger charge is 2.15. The van der Waals surface area contributed by atoms with Gasteiger partial charge in [0.05, 0.1) is 34.1 Å². The molecule has 0 fully saturated rings. The van der Waals surface area contributed by atoms with E-state index in [0.29, 0.717) is 0 Å². The topological polar surface area (TPSA) is 101 Å². The van der Waals surface area contributed by atoms with Crippen LogP contribution in [0.4, 0.5) is 5.69 Å². The molecule has 1 amide bonds. The van der Waals surface area contributed by atoms with E-state index in [4.69, 9.17) is 11.6 Å². The summed E-state index contributed by atoms with van der Waals surface area (Å²) in [5.74, 6) is -0.483. The lowest BCUT2D eigenvalue weighted by molar-refractivity contribution is -0.384. The number of carbonyl (C=O) groups excluding carboxylic acids is 1. The van der Waals surface area contributed by atoms with Crippen LogP contribution in [0.2, 0.25) is 5.02 Å². The number of non-ortho nitro benzene ring substituents is 1. The number of nitrogens with one attached hydrogen (secondary N) is 2. The predicted molar refractivity (Wildman–Crippen MR) is 67.9 cm³/mol. The first-order valence-electron chi connectivity index (χ1n) is 5.27. The molecule has 2 N–H and O–H groups in total. The number of aromatic amines is 1. The van der Waals surface area contributed by atoms with E-state index in [0.717, 1.165) is 11.8 Å². The normalized spacial score (nSPS) is 10.2. The van der Waals surface area contributed by atoms with Gasteiger partial charge in [-0.3, -0.25) is 14.9 Å². The van der Waals surface area contributed by atoms with Crippen molar-refractivity contribution in [3.63, 3.8) is 0 Å². The number of nitro groups is 1. The van der Waals surface area contributed by atoms with Gasteiger partial charge in [-0.05, 0) is 6.07 Å². The third-order valence-electron chi connectivity index (χ3n) is 2.40. The van der Waals surface area contributed by atoms with Crippen molar-refractivity contribution in [2.45, 2.75) is 6.54 Å². The first-order valence-corrected chi connectivity index (χ1v) is 5.65. The number of hydrogen-bond donors (Lipinski definition) is 2. The van der Waals surface area contributed by atoms with E-state index in [1.54, 1.807) is 6.20 Å². The lowest BCUT2D eigenvalue weighted by Gasteiger charge is -2.05. The smallest absolute Gasteiger partial charge is 0.270 e. The van der Waals surface area contributed by atoms with E-state index in [1.165, 1.54) is 18.5 Å². The van der Waals surface area contributed by atoms with Crippen LogP contribution in [0.3, 0.4) is 0 Å². The predicted octanol–water partition coefficient (Wildman–Crippen LogP) is 1.90. The molecule has 0 atom stereocenters. The highest BCUT2D eigenvalue weighted by Crippen LogP contribution is 2.21. The zero-order valence-corrected chi connectivity index (χ0v) is 10.3. The molecule has 0 unspecified atom stereocenters. The second-order valence-electron chi connectivity index (χ2n) is 3.68. The van der Waals surface area contributed by atoms with Crippen LogP contribution in [0, 0.1) is 10.1 Å². The molecule has 0 aliphatic carbocycles. The van der Waals surface area contributed by atoms with Gasteiger partial charge < -0.3 is 10.3 Å². The summed E-state index contributed by atoms with van der Waals surface area (Å²) in [6.07, 6.45) is 3.05. The van der Waals surface area contributed by atoms with Gasteiger partial charge in [0.15, 0.2) is 0 Å². The molecule has 0 radical (unpaired) electrons. The number of carbonyl (C=O) groups is 1. The summed E-state index contributed by atoms with van der Waals surface area (Å²) < 4.78 is 0. The SMILES string of the molecule is O=C(NCc1cnc[nH]1)c1cc([N+](=O)[O-])ccc1Cl. The fourth-order valence-electron chi connectivity index (χ4n) is 1.45. The monoisotopic (exact) mass is 280 g/mol. The number of H-pyrrole nitrogens is 1. The summed E-state index contributed by atoms with van der Waals surface area (Å²) in [5.41, 5.74) is 0.598. The Balaban J connectivity index is 2.14. The lowest BCUT2D eigenvalue weighted by atomic mass is 10.2. The van der Waals surface area contributed by atoms with E-state index < -0.39 is 10.8 Å². The van der Waals surface area contributed by atoms with Crippen molar-refractivity contribution in [2.24, 2.45) is 0 Å². The minimum absolute atomic E-state index is 0.0652. The minimum atomic E-state index is -0.581. The molecule has 19 heavy (non-hydrogen) atoms. The number of aromatic nitrogens is 2. The Morgan fingerprint density at radius 2 is 2.32 bits per heavy atom. The average Bonchev–Trinajstić information content (AvgIpc) is 2.89. The average molecular weight is 281 g/mol. The van der Waals surface area contributed by atoms with Crippen LogP contribution in [0.5, 0.6) is 0 Å². The van der Waals surface area contributed by atoms with Gasteiger partial charge in [-0.1, -0.05) is 11.6 Å². The third kappa shape index (κ3) is 3.08. The largest absolute Gasteiger partial charge is 0.347 e. The molecule has 0 spiro atoms. The summed E-state index contributed by atoms with van der Waals surface area (Å²) in [6, 6.07) is 3.71. The molecule has 8 heteroatoms. The number of hydrogen-bond acceptors (Lipinski definition) is 4. The van der Waals surface area contributed by atoms with Crippen LogP contribution in [0.1, 0.15) is 16.1 Å². The molecule has 0 aliphatic rings. The Bertz CT molecular complexity index is 612. The van der Waals surface area contributed by atoms with Crippen LogP contribution < -0.4 is 5.32 Å². The van der Waals surface area contributed by atoms with Gasteiger partial charge in [-0.2, -0.15) is 0 Å². The van der Waals surface area contributed by atoms with Crippen molar-refractivity contribution in [1.82, 2.24) is 15.3 Å². The van der Waals surface area contributed by atoms with Gasteiger partial charge in [-0.25, -0.2) is 4.98 Å². The fraction of sp³-hybridized carbons (Fsp3) is 0.0909. The van der Waals surface area contributed by atoms with E-state index in [-0.39, 0.29) is 22.8 Å². The first kappa shape index (κ1) is 13.0. The molecule has 2 aromatic rings. The van der Waals surface area contributed by atoms with Crippen molar-refractivity contribution >= 4 is 23.2 Å². The maximum atomic E-state index is 11.9. The summed E-state index contributed by atoms with van der Waals surface area (Å²) in [7, 11) is 0. The van der Waals surface area contributed by atoms with Crippen LogP contribution in [-0.4, -0.2) is 20.8 Å². The van der Waals surface area contributed by atoms with Gasteiger partial charge >= 0.3 is 0 Å².